The number of hydrogen-bond donors (Lipinski definition) is 0. The summed E-state index contributed by atoms with van der Waals surface area (Å²) in [6, 6.07) is 18.4. The summed E-state index contributed by atoms with van der Waals surface area (Å²) in [6.07, 6.45) is 0.806. The summed E-state index contributed by atoms with van der Waals surface area (Å²) < 4.78 is 19.5. The lowest BCUT2D eigenvalue weighted by Crippen LogP contribution is -2.14. The van der Waals surface area contributed by atoms with Crippen molar-refractivity contribution in [1.82, 2.24) is 9.97 Å². The fourth-order valence-corrected chi connectivity index (χ4v) is 3.71. The van der Waals surface area contributed by atoms with Gasteiger partial charge in [0.05, 0.1) is 11.3 Å². The molecule has 1 atom stereocenters. The van der Waals surface area contributed by atoms with Crippen molar-refractivity contribution < 1.29 is 13.9 Å². The third kappa shape index (κ3) is 4.38. The van der Waals surface area contributed by atoms with Crippen molar-refractivity contribution in [3.8, 4) is 10.6 Å². The Hall–Kier alpha value is -3.38. The predicted octanol–water partition coefficient (Wildman–Crippen LogP) is 5.60. The number of nitrogens with zero attached hydrogens (tertiary/aromatic N) is 2. The molecule has 0 aliphatic rings. The highest BCUT2D eigenvalue weighted by molar-refractivity contribution is 7.13. The first-order chi connectivity index (χ1) is 14.1. The summed E-state index contributed by atoms with van der Waals surface area (Å²) in [5.74, 6) is -0.908. The molecule has 0 fully saturated rings. The minimum atomic E-state index is -0.805. The number of benzene rings is 2. The van der Waals surface area contributed by atoms with E-state index in [2.05, 4.69) is 9.97 Å². The van der Waals surface area contributed by atoms with Gasteiger partial charge in [-0.2, -0.15) is 0 Å². The summed E-state index contributed by atoms with van der Waals surface area (Å²) in [5.41, 5.74) is 3.35. The molecule has 144 valence electrons. The zero-order valence-corrected chi connectivity index (χ0v) is 16.4. The fourth-order valence-electron chi connectivity index (χ4n) is 2.91. The van der Waals surface area contributed by atoms with E-state index in [0.29, 0.717) is 16.8 Å². The second-order valence-corrected chi connectivity index (χ2v) is 7.32. The molecule has 0 unspecified atom stereocenters. The smallest absolute Gasteiger partial charge is 0.339 e. The molecular weight excluding hydrogens is 387 g/mol. The van der Waals surface area contributed by atoms with Crippen molar-refractivity contribution >= 4 is 17.3 Å². The summed E-state index contributed by atoms with van der Waals surface area (Å²) in [6.45, 7) is 1.94. The predicted molar refractivity (Wildman–Crippen MR) is 110 cm³/mol. The van der Waals surface area contributed by atoms with E-state index in [9.17, 15) is 9.18 Å². The Morgan fingerprint density at radius 3 is 2.55 bits per heavy atom. The topological polar surface area (TPSA) is 52.1 Å². The number of esters is 1. The van der Waals surface area contributed by atoms with Crippen LogP contribution in [0.1, 0.15) is 33.4 Å². The van der Waals surface area contributed by atoms with E-state index >= 15 is 0 Å². The minimum Gasteiger partial charge on any atom is -0.447 e. The van der Waals surface area contributed by atoms with Gasteiger partial charge in [0.25, 0.3) is 0 Å². The van der Waals surface area contributed by atoms with Crippen LogP contribution in [0.15, 0.2) is 78.3 Å². The largest absolute Gasteiger partial charge is 0.447 e. The maximum absolute atomic E-state index is 13.7. The van der Waals surface area contributed by atoms with Gasteiger partial charge < -0.3 is 4.74 Å². The van der Waals surface area contributed by atoms with Crippen molar-refractivity contribution in [2.75, 3.05) is 0 Å². The maximum Gasteiger partial charge on any atom is 0.339 e. The first-order valence-electron chi connectivity index (χ1n) is 9.00. The Morgan fingerprint density at radius 2 is 1.90 bits per heavy atom. The molecule has 0 aliphatic heterocycles. The van der Waals surface area contributed by atoms with Crippen LogP contribution >= 0.6 is 11.3 Å². The molecule has 0 spiro atoms. The normalized spacial score (nSPS) is 11.8. The number of hydrogen-bond acceptors (Lipinski definition) is 5. The van der Waals surface area contributed by atoms with Crippen LogP contribution in [-0.2, 0) is 4.74 Å². The first kappa shape index (κ1) is 19.0. The molecule has 2 aromatic heterocycles. The van der Waals surface area contributed by atoms with Gasteiger partial charge in [0.2, 0.25) is 0 Å². The number of rotatable bonds is 5. The van der Waals surface area contributed by atoms with E-state index in [4.69, 9.17) is 4.74 Å². The molecule has 4 aromatic rings. The average molecular weight is 404 g/mol. The molecule has 0 amide bonds. The third-order valence-corrected chi connectivity index (χ3v) is 5.33. The van der Waals surface area contributed by atoms with Gasteiger partial charge in [-0.25, -0.2) is 14.2 Å². The van der Waals surface area contributed by atoms with E-state index in [1.54, 1.807) is 60.0 Å². The van der Waals surface area contributed by atoms with Crippen molar-refractivity contribution in [3.63, 3.8) is 0 Å². The van der Waals surface area contributed by atoms with E-state index in [1.165, 1.54) is 12.1 Å². The monoisotopic (exact) mass is 404 g/mol. The van der Waals surface area contributed by atoms with Crippen molar-refractivity contribution in [2.45, 2.75) is 13.0 Å². The van der Waals surface area contributed by atoms with Crippen LogP contribution in [0.5, 0.6) is 0 Å². The van der Waals surface area contributed by atoms with Gasteiger partial charge in [-0.1, -0.05) is 30.3 Å². The molecule has 6 heteroatoms. The first-order valence-corrected chi connectivity index (χ1v) is 9.88. The molecule has 0 saturated carbocycles. The lowest BCUT2D eigenvalue weighted by molar-refractivity contribution is 0.0370. The van der Waals surface area contributed by atoms with Gasteiger partial charge in [-0.3, -0.25) is 4.98 Å². The second kappa shape index (κ2) is 8.32. The zero-order chi connectivity index (χ0) is 20.2. The molecule has 2 aromatic carbocycles. The van der Waals surface area contributed by atoms with Crippen LogP contribution in [-0.4, -0.2) is 15.9 Å². The number of ether oxygens (including phenoxy) is 1. The Bertz CT molecular complexity index is 1130. The van der Waals surface area contributed by atoms with Gasteiger partial charge in [0.15, 0.2) is 6.10 Å². The highest BCUT2D eigenvalue weighted by atomic mass is 32.1. The Morgan fingerprint density at radius 1 is 1.07 bits per heavy atom. The van der Waals surface area contributed by atoms with E-state index in [-0.39, 0.29) is 0 Å². The SMILES string of the molecule is Cc1csc(-c2ccc(C(=O)O[C@H](c3cccc(F)c3)c3ccccn3)cc2)n1. The van der Waals surface area contributed by atoms with E-state index in [1.807, 2.05) is 24.4 Å². The van der Waals surface area contributed by atoms with Gasteiger partial charge in [-0.15, -0.1) is 11.3 Å². The molecule has 4 rings (SSSR count). The standard InChI is InChI=1S/C23H17FN2O2S/c1-15-14-29-22(26-15)16-8-10-17(11-9-16)23(27)28-21(20-7-2-3-12-25-20)18-5-4-6-19(24)13-18/h2-14,21H,1H3/t21-/m1/s1. The molecule has 0 aliphatic carbocycles. The number of carbonyl (C=O) groups excluding carboxylic acids is 1. The number of halogens is 1. The number of aromatic nitrogens is 2. The lowest BCUT2D eigenvalue weighted by Gasteiger charge is -2.18. The molecular formula is C23H17FN2O2S. The number of thiazole rings is 1. The molecule has 0 N–H and O–H groups in total. The number of pyridine rings is 1. The summed E-state index contributed by atoms with van der Waals surface area (Å²) in [5, 5.41) is 2.88. The molecule has 0 radical (unpaired) electrons. The lowest BCUT2D eigenvalue weighted by atomic mass is 10.1. The van der Waals surface area contributed by atoms with Crippen LogP contribution in [0.4, 0.5) is 4.39 Å². The molecule has 0 bridgehead atoms. The molecule has 4 nitrogen and oxygen atoms in total. The highest BCUT2D eigenvalue weighted by Gasteiger charge is 2.22. The van der Waals surface area contributed by atoms with Crippen LogP contribution in [0.25, 0.3) is 10.6 Å². The fraction of sp³-hybridized carbons (Fsp3) is 0.0870. The highest BCUT2D eigenvalue weighted by Crippen LogP contribution is 2.28. The zero-order valence-electron chi connectivity index (χ0n) is 15.6. The maximum atomic E-state index is 13.7. The molecule has 29 heavy (non-hydrogen) atoms. The van der Waals surface area contributed by atoms with Crippen molar-refractivity contribution in [1.29, 1.82) is 0 Å². The van der Waals surface area contributed by atoms with E-state index in [0.717, 1.165) is 16.3 Å². The van der Waals surface area contributed by atoms with Crippen LogP contribution < -0.4 is 0 Å². The van der Waals surface area contributed by atoms with Gasteiger partial charge in [0.1, 0.15) is 10.8 Å². The molecule has 0 saturated heterocycles. The average Bonchev–Trinajstić information content (AvgIpc) is 3.19. The van der Waals surface area contributed by atoms with E-state index < -0.39 is 17.9 Å². The van der Waals surface area contributed by atoms with Crippen LogP contribution in [0.2, 0.25) is 0 Å². The summed E-state index contributed by atoms with van der Waals surface area (Å²) in [7, 11) is 0. The van der Waals surface area contributed by atoms with Gasteiger partial charge >= 0.3 is 5.97 Å². The van der Waals surface area contributed by atoms with Crippen molar-refractivity contribution in [3.05, 3.63) is 107 Å². The van der Waals surface area contributed by atoms with Gasteiger partial charge in [0, 0.05) is 28.4 Å². The Labute approximate surface area is 171 Å². The molecule has 2 heterocycles. The third-order valence-electron chi connectivity index (χ3n) is 4.32. The summed E-state index contributed by atoms with van der Waals surface area (Å²) >= 11 is 1.55. The Balaban J connectivity index is 1.59. The van der Waals surface area contributed by atoms with Crippen LogP contribution in [0.3, 0.4) is 0 Å². The van der Waals surface area contributed by atoms with Crippen molar-refractivity contribution in [2.24, 2.45) is 0 Å². The van der Waals surface area contributed by atoms with Crippen LogP contribution in [0, 0.1) is 12.7 Å². The number of carbonyl (C=O) groups is 1. The second-order valence-electron chi connectivity index (χ2n) is 6.47. The quantitative estimate of drug-likeness (QED) is 0.406. The summed E-state index contributed by atoms with van der Waals surface area (Å²) in [4.78, 5) is 21.5. The minimum absolute atomic E-state index is 0.400. The number of aryl methyl sites for hydroxylation is 1. The van der Waals surface area contributed by atoms with Gasteiger partial charge in [-0.05, 0) is 43.3 Å². The Kier molecular flexibility index (Phi) is 5.44.